The standard InChI is InChI=1S/2C37H43ClN6O3S.C34H38ClN5O3S/c2*1-7-46-36(45)32(47-37(3,4)5)28-21(2)19-26-33(29(28)22-11-13-24(38)14-12-22)48-35(41-26)27-20-39-34-31(40-27)30(42-43(34)6)23-15-17-44(18-16-23)25-9-8-10-25;1-7-42-33(41)29(43-34(3,4)5)25-19(2)17-23-30(26(25)20-13-15-22(35)16-14-20)44-32(38-23)24-18-36-31-28(37-24)27(39-40(31)6)21-11-9-8-10-12-21/h2*11-14,19-20,23,25,32H,7-10,15-18H2,1-6H3;13-18,21,29H,7-12H2,1-6H3/t2*32-;29-/m000/s1. The number of thiazole rings is 3. The number of ether oxygens (including phenoxy) is 6. The lowest BCUT2D eigenvalue weighted by atomic mass is 9.87. The zero-order chi connectivity index (χ0) is 98.7. The number of fused-ring (bicyclic) bond motifs is 6. The Morgan fingerprint density at radius 2 is 0.650 bits per heavy atom. The summed E-state index contributed by atoms with van der Waals surface area (Å²) < 4.78 is 44.3. The molecule has 0 N–H and O–H groups in total. The van der Waals surface area contributed by atoms with Crippen molar-refractivity contribution < 1.29 is 42.8 Å². The smallest absolute Gasteiger partial charge is 0.339 e. The first-order valence-electron chi connectivity index (χ1n) is 49.3. The van der Waals surface area contributed by atoms with Crippen LogP contribution in [-0.2, 0) is 63.9 Å². The molecule has 11 heterocycles. The van der Waals surface area contributed by atoms with Crippen LogP contribution in [0.4, 0.5) is 0 Å². The summed E-state index contributed by atoms with van der Waals surface area (Å²) in [5.74, 6) is -0.157. The lowest BCUT2D eigenvalue weighted by Gasteiger charge is -2.41. The van der Waals surface area contributed by atoms with Gasteiger partial charge in [-0.3, -0.25) is 0 Å². The number of hydrogen-bond donors (Lipinski definition) is 0. The molecule has 15 aromatic rings. The van der Waals surface area contributed by atoms with Gasteiger partial charge in [0.2, 0.25) is 0 Å². The van der Waals surface area contributed by atoms with Crippen LogP contribution in [0.25, 0.3) is 130 Å². The van der Waals surface area contributed by atoms with Gasteiger partial charge in [0.1, 0.15) is 48.7 Å². The monoisotopic (exact) mass is 2000 g/mol. The van der Waals surface area contributed by atoms with Gasteiger partial charge >= 0.3 is 17.9 Å². The minimum Gasteiger partial charge on any atom is -0.464 e. The average Bonchev–Trinajstić information content (AvgIpc) is 1.56. The fourth-order valence-corrected chi connectivity index (χ4v) is 23.9. The van der Waals surface area contributed by atoms with Gasteiger partial charge in [-0.25, -0.2) is 73.3 Å². The summed E-state index contributed by atoms with van der Waals surface area (Å²) in [4.78, 5) is 91.1. The zero-order valence-corrected chi connectivity index (χ0v) is 87.9. The van der Waals surface area contributed by atoms with E-state index in [2.05, 4.69) is 9.80 Å². The third kappa shape index (κ3) is 21.2. The van der Waals surface area contributed by atoms with Crippen molar-refractivity contribution in [3.8, 4) is 65.5 Å². The molecular weight excluding hydrogens is 1880 g/mol. The molecule has 3 aliphatic carbocycles. The Balaban J connectivity index is 0.000000139. The predicted molar refractivity (Wildman–Crippen MR) is 559 cm³/mol. The maximum Gasteiger partial charge on any atom is 0.339 e. The van der Waals surface area contributed by atoms with Crippen LogP contribution in [-0.4, -0.2) is 177 Å². The van der Waals surface area contributed by atoms with Crippen LogP contribution in [0.2, 0.25) is 15.1 Å². The van der Waals surface area contributed by atoms with Crippen LogP contribution in [0.5, 0.6) is 0 Å². The molecule has 3 saturated carbocycles. The van der Waals surface area contributed by atoms with Gasteiger partial charge in [0.25, 0.3) is 0 Å². The van der Waals surface area contributed by atoms with Gasteiger partial charge in [0.15, 0.2) is 35.3 Å². The van der Waals surface area contributed by atoms with Crippen molar-refractivity contribution in [2.24, 2.45) is 21.1 Å². The number of benzene rings is 6. The van der Waals surface area contributed by atoms with E-state index >= 15 is 0 Å². The fourth-order valence-electron chi connectivity index (χ4n) is 20.3. The number of carbonyl (C=O) groups is 3. The largest absolute Gasteiger partial charge is 0.464 e. The lowest BCUT2D eigenvalue weighted by Crippen LogP contribution is -2.44. The number of aryl methyl sites for hydroxylation is 6. The summed E-state index contributed by atoms with van der Waals surface area (Å²) in [6.45, 7) is 34.1. The van der Waals surface area contributed by atoms with Gasteiger partial charge in [-0.2, -0.15) is 15.3 Å². The number of halogens is 3. The Morgan fingerprint density at radius 1 is 0.379 bits per heavy atom. The molecule has 0 radical (unpaired) electrons. The Kier molecular flexibility index (Phi) is 29.7. The van der Waals surface area contributed by atoms with Gasteiger partial charge in [-0.1, -0.05) is 103 Å². The van der Waals surface area contributed by atoms with Crippen molar-refractivity contribution in [2.75, 3.05) is 46.0 Å². The van der Waals surface area contributed by atoms with Crippen LogP contribution in [0.1, 0.15) is 266 Å². The number of aromatic nitrogens is 15. The number of piperidine rings is 2. The summed E-state index contributed by atoms with van der Waals surface area (Å²) in [5, 5.41) is 18.9. The van der Waals surface area contributed by atoms with Crippen molar-refractivity contribution in [2.45, 2.75) is 265 Å². The Bertz CT molecular complexity index is 6820. The number of carbonyl (C=O) groups excluding carboxylic acids is 3. The van der Waals surface area contributed by atoms with Crippen LogP contribution in [0, 0.1) is 20.8 Å². The molecule has 0 bridgehead atoms. The molecule has 9 aromatic heterocycles. The highest BCUT2D eigenvalue weighted by atomic mass is 35.5. The number of esters is 3. The third-order valence-corrected chi connectivity index (χ3v) is 31.3. The van der Waals surface area contributed by atoms with E-state index in [0.717, 1.165) is 240 Å². The molecule has 2 aliphatic heterocycles. The molecule has 5 fully saturated rings. The maximum absolute atomic E-state index is 13.5. The highest BCUT2D eigenvalue weighted by Crippen LogP contribution is 2.51. The van der Waals surface area contributed by atoms with Gasteiger partial charge < -0.3 is 38.2 Å². The summed E-state index contributed by atoms with van der Waals surface area (Å²) in [6, 6.07) is 30.6. The van der Waals surface area contributed by atoms with E-state index in [0.29, 0.717) is 49.9 Å². The zero-order valence-electron chi connectivity index (χ0n) is 83.2. The molecule has 20 rings (SSSR count). The summed E-state index contributed by atoms with van der Waals surface area (Å²) in [5.41, 5.74) is 21.1. The molecule has 6 aromatic carbocycles. The number of nitrogens with zero attached hydrogens (tertiary/aromatic N) is 17. The first-order valence-corrected chi connectivity index (χ1v) is 52.8. The SMILES string of the molecule is CCOC(=O)[C@@H](OC(C)(C)C)c1c(C)cc2nc(-c3cnc4c(n3)c(C3CCCCC3)nn4C)sc2c1-c1ccc(Cl)cc1.CCOC(=O)[C@@H](OC(C)(C)C)c1c(C)cc2nc(-c3cnc4c(n3)c(C3CCN(C5CCC5)CC3)nn4C)sc2c1-c1ccc(Cl)cc1.CCOC(=O)[C@@H](OC(C)(C)C)c1c(C)cc2nc(-c3cnc4c(n3)c(C3CCN(C5CCC5)CC3)nn4C)sc2c1-c1ccc(Cl)cc1. The first-order chi connectivity index (χ1) is 67.0. The second-order valence-electron chi connectivity index (χ2n) is 40.6. The van der Waals surface area contributed by atoms with Crippen LogP contribution in [0.3, 0.4) is 0 Å². The quantitative estimate of drug-likeness (QED) is 0.0425. The highest BCUT2D eigenvalue weighted by Gasteiger charge is 2.41. The fraction of sp³-hybridized carbons (Fsp3) is 0.472. The molecule has 0 amide bonds. The molecule has 32 heteroatoms. The van der Waals surface area contributed by atoms with Crippen molar-refractivity contribution >= 4 is 151 Å². The van der Waals surface area contributed by atoms with E-state index in [4.69, 9.17) is 123 Å². The second kappa shape index (κ2) is 41.6. The van der Waals surface area contributed by atoms with E-state index in [9.17, 15) is 14.4 Å². The van der Waals surface area contributed by atoms with Crippen LogP contribution >= 0.6 is 68.8 Å². The van der Waals surface area contributed by atoms with Crippen LogP contribution < -0.4 is 0 Å². The highest BCUT2D eigenvalue weighted by molar-refractivity contribution is 7.23. The van der Waals surface area contributed by atoms with Crippen molar-refractivity contribution in [3.05, 3.63) is 175 Å². The topological polar surface area (TPSA) is 283 Å². The number of hydrogen-bond acceptors (Lipinski definition) is 26. The third-order valence-electron chi connectivity index (χ3n) is 27.2. The normalized spacial score (nSPS) is 16.6. The predicted octanol–water partition coefficient (Wildman–Crippen LogP) is 25.6. The molecule has 734 valence electrons. The van der Waals surface area contributed by atoms with E-state index < -0.39 is 53.0 Å². The minimum atomic E-state index is -0.935. The molecule has 140 heavy (non-hydrogen) atoms. The Labute approximate surface area is 844 Å². The number of likely N-dealkylation sites (tertiary alicyclic amines) is 2. The maximum atomic E-state index is 13.5. The van der Waals surface area contributed by atoms with E-state index in [-0.39, 0.29) is 19.8 Å². The van der Waals surface area contributed by atoms with Crippen LogP contribution in [0.15, 0.2) is 110 Å². The Hall–Kier alpha value is -10.3. The number of rotatable bonds is 23. The molecule has 2 saturated heterocycles. The van der Waals surface area contributed by atoms with Crippen molar-refractivity contribution in [1.29, 1.82) is 0 Å². The second-order valence-corrected chi connectivity index (χ2v) is 44.9. The summed E-state index contributed by atoms with van der Waals surface area (Å²) >= 11 is 23.6. The summed E-state index contributed by atoms with van der Waals surface area (Å²) in [6.07, 6.45) is 20.9. The van der Waals surface area contributed by atoms with Gasteiger partial charge in [0.05, 0.1) is 103 Å². The molecule has 3 atom stereocenters. The first kappa shape index (κ1) is 99.8. The molecule has 5 aliphatic rings. The molecule has 0 unspecified atom stereocenters. The van der Waals surface area contributed by atoms with Gasteiger partial charge in [0, 0.05) is 99.4 Å². The van der Waals surface area contributed by atoms with Crippen molar-refractivity contribution in [1.82, 2.24) is 84.0 Å². The average molecular weight is 2010 g/mol. The lowest BCUT2D eigenvalue weighted by molar-refractivity contribution is -0.167. The Morgan fingerprint density at radius 3 is 0.900 bits per heavy atom. The summed E-state index contributed by atoms with van der Waals surface area (Å²) in [7, 11) is 5.83. The molecular formula is C108H124Cl3N17O9S3. The molecule has 0 spiro atoms. The minimum absolute atomic E-state index is 0.252. The van der Waals surface area contributed by atoms with Crippen molar-refractivity contribution in [3.63, 3.8) is 0 Å². The molecule has 26 nitrogen and oxygen atoms in total. The van der Waals surface area contributed by atoms with E-state index in [1.54, 1.807) is 62.0 Å². The van der Waals surface area contributed by atoms with E-state index in [1.165, 1.54) is 69.1 Å². The van der Waals surface area contributed by atoms with Gasteiger partial charge in [-0.15, -0.1) is 34.0 Å². The van der Waals surface area contributed by atoms with Gasteiger partial charge in [-0.05, 0) is 282 Å². The van der Waals surface area contributed by atoms with E-state index in [1.807, 2.05) is 209 Å².